The Hall–Kier alpha value is -4.21. The number of carbonyl (C=O) groups excluding carboxylic acids is 3. The summed E-state index contributed by atoms with van der Waals surface area (Å²) in [6, 6.07) is 10.3. The van der Waals surface area contributed by atoms with Crippen molar-refractivity contribution in [3.8, 4) is 5.69 Å². The molecule has 0 saturated carbocycles. The molecule has 0 bridgehead atoms. The number of nitrogens with one attached hydrogen (secondary N) is 1. The van der Waals surface area contributed by atoms with Crippen LogP contribution in [0.1, 0.15) is 22.5 Å². The molecule has 0 spiro atoms. The number of barbiturate groups is 1. The number of halogens is 4. The Kier molecular flexibility index (Phi) is 5.60. The van der Waals surface area contributed by atoms with Crippen LogP contribution in [0.3, 0.4) is 0 Å². The highest BCUT2D eigenvalue weighted by Gasteiger charge is 2.38. The summed E-state index contributed by atoms with van der Waals surface area (Å²) >= 11 is 0. The van der Waals surface area contributed by atoms with Crippen molar-refractivity contribution in [2.45, 2.75) is 20.0 Å². The summed E-state index contributed by atoms with van der Waals surface area (Å²) < 4.78 is 55.7. The third-order valence-corrected chi connectivity index (χ3v) is 5.39. The fourth-order valence-corrected chi connectivity index (χ4v) is 3.88. The van der Waals surface area contributed by atoms with Crippen molar-refractivity contribution in [1.82, 2.24) is 9.88 Å². The minimum Gasteiger partial charge on any atom is -0.317 e. The summed E-state index contributed by atoms with van der Waals surface area (Å²) in [7, 11) is 0. The number of para-hydroxylation sites is 1. The molecule has 6 nitrogen and oxygen atoms in total. The summed E-state index contributed by atoms with van der Waals surface area (Å²) in [6.07, 6.45) is -3.39. The van der Waals surface area contributed by atoms with Crippen LogP contribution in [0.4, 0.5) is 28.0 Å². The lowest BCUT2D eigenvalue weighted by Crippen LogP contribution is -2.54. The molecule has 34 heavy (non-hydrogen) atoms. The highest BCUT2D eigenvalue weighted by molar-refractivity contribution is 6.39. The van der Waals surface area contributed by atoms with Crippen molar-refractivity contribution < 1.29 is 31.9 Å². The van der Waals surface area contributed by atoms with Gasteiger partial charge >= 0.3 is 12.2 Å². The number of benzene rings is 2. The fourth-order valence-electron chi connectivity index (χ4n) is 3.88. The molecule has 1 N–H and O–H groups in total. The zero-order valence-electron chi connectivity index (χ0n) is 17.9. The van der Waals surface area contributed by atoms with E-state index >= 15 is 0 Å². The Morgan fingerprint density at radius 1 is 0.941 bits per heavy atom. The highest BCUT2D eigenvalue weighted by Crippen LogP contribution is 2.36. The number of hydrogen-bond acceptors (Lipinski definition) is 3. The van der Waals surface area contributed by atoms with Crippen LogP contribution < -0.4 is 10.2 Å². The van der Waals surface area contributed by atoms with Crippen LogP contribution in [0.25, 0.3) is 11.8 Å². The summed E-state index contributed by atoms with van der Waals surface area (Å²) in [5, 5.41) is 2.03. The Morgan fingerprint density at radius 3 is 2.32 bits per heavy atom. The standard InChI is InChI=1S/C24H17F4N3O3/c1-13-10-15(14(2)30(13)20-9-4-3-8-19(20)24(26,27)28)11-18-21(32)29-23(34)31(22(18)33)17-7-5-6-16(25)12-17/h3-12H,1-2H3,(H,29,32,34)/b18-11+. The molecule has 1 fully saturated rings. The molecule has 1 aromatic heterocycles. The second-order valence-electron chi connectivity index (χ2n) is 7.61. The van der Waals surface area contributed by atoms with E-state index in [9.17, 15) is 31.9 Å². The lowest BCUT2D eigenvalue weighted by molar-refractivity contribution is -0.137. The minimum absolute atomic E-state index is 0.0783. The van der Waals surface area contributed by atoms with Gasteiger partial charge in [-0.25, -0.2) is 14.1 Å². The first-order valence-corrected chi connectivity index (χ1v) is 10.0. The van der Waals surface area contributed by atoms with E-state index in [1.165, 1.54) is 47.0 Å². The molecule has 0 radical (unpaired) electrons. The van der Waals surface area contributed by atoms with E-state index in [4.69, 9.17) is 0 Å². The van der Waals surface area contributed by atoms with Crippen LogP contribution in [-0.2, 0) is 15.8 Å². The molecule has 3 aromatic rings. The van der Waals surface area contributed by atoms with Crippen LogP contribution in [0.5, 0.6) is 0 Å². The monoisotopic (exact) mass is 471 g/mol. The van der Waals surface area contributed by atoms with Gasteiger partial charge in [-0.3, -0.25) is 14.9 Å². The van der Waals surface area contributed by atoms with Crippen molar-refractivity contribution in [3.05, 3.63) is 88.5 Å². The van der Waals surface area contributed by atoms with Gasteiger partial charge in [0.05, 0.1) is 16.9 Å². The van der Waals surface area contributed by atoms with E-state index in [2.05, 4.69) is 0 Å². The van der Waals surface area contributed by atoms with Gasteiger partial charge in [0.2, 0.25) is 0 Å². The average Bonchev–Trinajstić information content (AvgIpc) is 3.03. The zero-order valence-corrected chi connectivity index (χ0v) is 17.9. The van der Waals surface area contributed by atoms with Gasteiger partial charge in [0.1, 0.15) is 11.4 Å². The predicted octanol–water partition coefficient (Wildman–Crippen LogP) is 4.92. The second kappa shape index (κ2) is 8.29. The van der Waals surface area contributed by atoms with Crippen molar-refractivity contribution in [1.29, 1.82) is 0 Å². The zero-order chi connectivity index (χ0) is 24.8. The van der Waals surface area contributed by atoms with Gasteiger partial charge in [-0.15, -0.1) is 0 Å². The number of carbonyl (C=O) groups is 3. The van der Waals surface area contributed by atoms with E-state index in [1.54, 1.807) is 13.8 Å². The summed E-state index contributed by atoms with van der Waals surface area (Å²) in [6.45, 7) is 3.14. The van der Waals surface area contributed by atoms with Gasteiger partial charge in [0, 0.05) is 11.4 Å². The first-order valence-electron chi connectivity index (χ1n) is 10.0. The number of amides is 4. The Bertz CT molecular complexity index is 1370. The fraction of sp³-hybridized carbons (Fsp3) is 0.125. The molecule has 4 rings (SSSR count). The van der Waals surface area contributed by atoms with Crippen LogP contribution in [0, 0.1) is 19.7 Å². The molecule has 2 aromatic carbocycles. The van der Waals surface area contributed by atoms with E-state index < -0.39 is 41.0 Å². The third-order valence-electron chi connectivity index (χ3n) is 5.39. The summed E-state index contributed by atoms with van der Waals surface area (Å²) in [5.74, 6) is -2.64. The normalized spacial score (nSPS) is 15.8. The number of urea groups is 1. The minimum atomic E-state index is -4.59. The molecule has 0 atom stereocenters. The van der Waals surface area contributed by atoms with E-state index in [0.29, 0.717) is 21.9 Å². The van der Waals surface area contributed by atoms with Crippen LogP contribution >= 0.6 is 0 Å². The van der Waals surface area contributed by atoms with Crippen molar-refractivity contribution in [2.75, 3.05) is 4.90 Å². The SMILES string of the molecule is Cc1cc(/C=C2\C(=O)NC(=O)N(c3cccc(F)c3)C2=O)c(C)n1-c1ccccc1C(F)(F)F. The number of rotatable bonds is 3. The quantitative estimate of drug-likeness (QED) is 0.335. The molecule has 10 heteroatoms. The van der Waals surface area contributed by atoms with Crippen LogP contribution in [0.2, 0.25) is 0 Å². The molecule has 0 aliphatic carbocycles. The molecular weight excluding hydrogens is 454 g/mol. The van der Waals surface area contributed by atoms with Crippen molar-refractivity contribution in [3.63, 3.8) is 0 Å². The smallest absolute Gasteiger partial charge is 0.317 e. The highest BCUT2D eigenvalue weighted by atomic mass is 19.4. The van der Waals surface area contributed by atoms with Crippen molar-refractivity contribution >= 4 is 29.6 Å². The molecule has 1 saturated heterocycles. The van der Waals surface area contributed by atoms with E-state index in [1.807, 2.05) is 5.32 Å². The lowest BCUT2D eigenvalue weighted by atomic mass is 10.1. The van der Waals surface area contributed by atoms with Gasteiger partial charge in [-0.05, 0) is 61.9 Å². The number of alkyl halides is 3. The molecule has 0 unspecified atom stereocenters. The molecular formula is C24H17F4N3O3. The van der Waals surface area contributed by atoms with Gasteiger partial charge in [-0.2, -0.15) is 13.2 Å². The Labute approximate surface area is 191 Å². The van der Waals surface area contributed by atoms with Gasteiger partial charge < -0.3 is 4.57 Å². The lowest BCUT2D eigenvalue weighted by Gasteiger charge is -2.26. The maximum atomic E-state index is 13.6. The van der Waals surface area contributed by atoms with E-state index in [-0.39, 0.29) is 11.4 Å². The Morgan fingerprint density at radius 2 is 1.65 bits per heavy atom. The second-order valence-corrected chi connectivity index (χ2v) is 7.61. The van der Waals surface area contributed by atoms with E-state index in [0.717, 1.165) is 18.2 Å². The number of aromatic nitrogens is 1. The number of aryl methyl sites for hydroxylation is 1. The van der Waals surface area contributed by atoms with Crippen LogP contribution in [0.15, 0.2) is 60.2 Å². The molecule has 1 aliphatic rings. The van der Waals surface area contributed by atoms with Gasteiger partial charge in [-0.1, -0.05) is 18.2 Å². The largest absolute Gasteiger partial charge is 0.418 e. The predicted molar refractivity (Wildman–Crippen MR) is 116 cm³/mol. The first-order chi connectivity index (χ1) is 16.0. The number of anilines is 1. The average molecular weight is 471 g/mol. The van der Waals surface area contributed by atoms with Crippen LogP contribution in [-0.4, -0.2) is 22.4 Å². The maximum Gasteiger partial charge on any atom is 0.418 e. The number of nitrogens with zero attached hydrogens (tertiary/aromatic N) is 2. The third kappa shape index (κ3) is 3.98. The molecule has 174 valence electrons. The first kappa shape index (κ1) is 23.0. The maximum absolute atomic E-state index is 13.6. The number of imide groups is 2. The number of hydrogen-bond donors (Lipinski definition) is 1. The molecule has 2 heterocycles. The topological polar surface area (TPSA) is 71.4 Å². The molecule has 4 amide bonds. The summed E-state index contributed by atoms with van der Waals surface area (Å²) in [4.78, 5) is 38.4. The van der Waals surface area contributed by atoms with Crippen molar-refractivity contribution in [2.24, 2.45) is 0 Å². The van der Waals surface area contributed by atoms with Gasteiger partial charge in [0.25, 0.3) is 11.8 Å². The molecule has 1 aliphatic heterocycles. The van der Waals surface area contributed by atoms with Gasteiger partial charge in [0.15, 0.2) is 0 Å². The Balaban J connectivity index is 1.81. The summed E-state index contributed by atoms with van der Waals surface area (Å²) in [5.41, 5.74) is -0.365.